The molecule has 0 N–H and O–H groups in total. The normalized spacial score (nSPS) is 17.0. The molecule has 1 saturated heterocycles. The number of rotatable bonds is 6. The van der Waals surface area contributed by atoms with Crippen LogP contribution in [0.4, 0.5) is 0 Å². The molecule has 1 amide bonds. The largest absolute Gasteiger partial charge is 0.496 e. The van der Waals surface area contributed by atoms with Gasteiger partial charge in [0, 0.05) is 12.1 Å². The number of benzene rings is 1. The second-order valence-electron chi connectivity index (χ2n) is 5.64. The van der Waals surface area contributed by atoms with Gasteiger partial charge >= 0.3 is 0 Å². The number of furan rings is 1. The van der Waals surface area contributed by atoms with Gasteiger partial charge in [-0.2, -0.15) is 0 Å². The number of ether oxygens (including phenoxy) is 3. The summed E-state index contributed by atoms with van der Waals surface area (Å²) in [5.74, 6) is 3.94. The summed E-state index contributed by atoms with van der Waals surface area (Å²) in [5, 5.41) is -0.214. The van der Waals surface area contributed by atoms with Crippen LogP contribution in [0.25, 0.3) is 0 Å². The van der Waals surface area contributed by atoms with Crippen LogP contribution in [-0.4, -0.2) is 37.9 Å². The molecule has 134 valence electrons. The summed E-state index contributed by atoms with van der Waals surface area (Å²) >= 11 is 1.54. The van der Waals surface area contributed by atoms with Crippen molar-refractivity contribution in [2.24, 2.45) is 0 Å². The van der Waals surface area contributed by atoms with Crippen LogP contribution in [0.1, 0.15) is 22.5 Å². The third-order valence-electron chi connectivity index (χ3n) is 4.09. The number of thioether (sulfide) groups is 1. The first kappa shape index (κ1) is 17.5. The van der Waals surface area contributed by atoms with Crippen molar-refractivity contribution >= 4 is 17.7 Å². The number of nitrogens with zero attached hydrogens (tertiary/aromatic N) is 1. The van der Waals surface area contributed by atoms with E-state index < -0.39 is 0 Å². The van der Waals surface area contributed by atoms with E-state index in [1.54, 1.807) is 50.1 Å². The summed E-state index contributed by atoms with van der Waals surface area (Å²) in [6.07, 6.45) is 0. The highest BCUT2D eigenvalue weighted by atomic mass is 32.2. The Morgan fingerprint density at radius 3 is 2.36 bits per heavy atom. The standard InChI is InChI=1S/C18H21NO5S/c1-11-5-6-12(24-11)9-19-16(20)10-25-18(19)17-14(22-3)7-13(21-2)8-15(17)23-4/h5-8,18H,9-10H2,1-4H3. The van der Waals surface area contributed by atoms with Crippen LogP contribution in [0.5, 0.6) is 17.2 Å². The smallest absolute Gasteiger partial charge is 0.234 e. The van der Waals surface area contributed by atoms with Crippen LogP contribution < -0.4 is 14.2 Å². The minimum atomic E-state index is -0.214. The zero-order chi connectivity index (χ0) is 18.0. The molecule has 0 bridgehead atoms. The second kappa shape index (κ2) is 7.31. The molecule has 7 heteroatoms. The van der Waals surface area contributed by atoms with Gasteiger partial charge in [0.1, 0.15) is 34.1 Å². The van der Waals surface area contributed by atoms with Crippen LogP contribution in [0.2, 0.25) is 0 Å². The van der Waals surface area contributed by atoms with Gasteiger partial charge in [-0.15, -0.1) is 11.8 Å². The first-order valence-electron chi connectivity index (χ1n) is 7.83. The van der Waals surface area contributed by atoms with Crippen molar-refractivity contribution < 1.29 is 23.4 Å². The van der Waals surface area contributed by atoms with Crippen molar-refractivity contribution in [3.05, 3.63) is 41.3 Å². The Morgan fingerprint density at radius 1 is 1.16 bits per heavy atom. The highest BCUT2D eigenvalue weighted by molar-refractivity contribution is 8.00. The van der Waals surface area contributed by atoms with E-state index in [1.165, 1.54) is 0 Å². The van der Waals surface area contributed by atoms with Crippen molar-refractivity contribution in [3.63, 3.8) is 0 Å². The maximum absolute atomic E-state index is 12.4. The van der Waals surface area contributed by atoms with Crippen molar-refractivity contribution in [1.82, 2.24) is 4.90 Å². The van der Waals surface area contributed by atoms with Gasteiger partial charge in [0.2, 0.25) is 5.91 Å². The van der Waals surface area contributed by atoms with Crippen LogP contribution in [0, 0.1) is 6.92 Å². The van der Waals surface area contributed by atoms with Gasteiger partial charge in [-0.3, -0.25) is 4.79 Å². The lowest BCUT2D eigenvalue weighted by molar-refractivity contribution is -0.128. The number of carbonyl (C=O) groups excluding carboxylic acids is 1. The number of aryl methyl sites for hydroxylation is 1. The van der Waals surface area contributed by atoms with Gasteiger partial charge < -0.3 is 23.5 Å². The highest BCUT2D eigenvalue weighted by Crippen LogP contribution is 2.48. The molecular formula is C18H21NO5S. The molecule has 0 radical (unpaired) electrons. The maximum Gasteiger partial charge on any atom is 0.234 e. The first-order chi connectivity index (χ1) is 12.1. The van der Waals surface area contributed by atoms with Crippen LogP contribution in [-0.2, 0) is 11.3 Å². The SMILES string of the molecule is COc1cc(OC)c(C2SCC(=O)N2Cc2ccc(C)o2)c(OC)c1. The third kappa shape index (κ3) is 3.42. The first-order valence-corrected chi connectivity index (χ1v) is 8.88. The Balaban J connectivity index is 1.99. The Kier molecular flexibility index (Phi) is 5.13. The van der Waals surface area contributed by atoms with E-state index >= 15 is 0 Å². The number of hydrogen-bond donors (Lipinski definition) is 0. The number of hydrogen-bond acceptors (Lipinski definition) is 6. The minimum Gasteiger partial charge on any atom is -0.496 e. The van der Waals surface area contributed by atoms with E-state index in [0.29, 0.717) is 29.5 Å². The average molecular weight is 363 g/mol. The monoisotopic (exact) mass is 363 g/mol. The molecule has 1 aromatic carbocycles. The van der Waals surface area contributed by atoms with E-state index in [4.69, 9.17) is 18.6 Å². The summed E-state index contributed by atoms with van der Waals surface area (Å²) < 4.78 is 22.0. The van der Waals surface area contributed by atoms with Gasteiger partial charge in [0.25, 0.3) is 0 Å². The molecule has 2 aromatic rings. The van der Waals surface area contributed by atoms with E-state index in [0.717, 1.165) is 17.1 Å². The zero-order valence-electron chi connectivity index (χ0n) is 14.7. The second-order valence-corrected chi connectivity index (χ2v) is 6.71. The predicted molar refractivity (Wildman–Crippen MR) is 95.3 cm³/mol. The molecule has 1 aliphatic heterocycles. The third-order valence-corrected chi connectivity index (χ3v) is 5.31. The molecule has 1 aliphatic rings. The van der Waals surface area contributed by atoms with Gasteiger partial charge in [-0.25, -0.2) is 0 Å². The van der Waals surface area contributed by atoms with Crippen molar-refractivity contribution in [2.75, 3.05) is 27.1 Å². The zero-order valence-corrected chi connectivity index (χ0v) is 15.5. The fraction of sp³-hybridized carbons (Fsp3) is 0.389. The van der Waals surface area contributed by atoms with E-state index in [-0.39, 0.29) is 11.3 Å². The van der Waals surface area contributed by atoms with Gasteiger partial charge in [0.15, 0.2) is 0 Å². The molecule has 1 aromatic heterocycles. The Labute approximate surface area is 151 Å². The van der Waals surface area contributed by atoms with Crippen molar-refractivity contribution in [1.29, 1.82) is 0 Å². The van der Waals surface area contributed by atoms with Crippen LogP contribution in [0.3, 0.4) is 0 Å². The van der Waals surface area contributed by atoms with Crippen molar-refractivity contribution in [2.45, 2.75) is 18.8 Å². The molecular weight excluding hydrogens is 342 g/mol. The predicted octanol–water partition coefficient (Wildman–Crippen LogP) is 3.39. The molecule has 2 heterocycles. The average Bonchev–Trinajstić information content (AvgIpc) is 3.20. The Morgan fingerprint density at radius 2 is 1.84 bits per heavy atom. The number of methoxy groups -OCH3 is 3. The van der Waals surface area contributed by atoms with Gasteiger partial charge in [-0.05, 0) is 19.1 Å². The lowest BCUT2D eigenvalue weighted by atomic mass is 10.1. The Bertz CT molecular complexity index is 748. The fourth-order valence-electron chi connectivity index (χ4n) is 2.88. The molecule has 1 atom stereocenters. The van der Waals surface area contributed by atoms with E-state index in [1.807, 2.05) is 19.1 Å². The molecule has 1 unspecified atom stereocenters. The summed E-state index contributed by atoms with van der Waals surface area (Å²) in [6.45, 7) is 2.29. The molecule has 0 saturated carbocycles. The van der Waals surface area contributed by atoms with Gasteiger partial charge in [0.05, 0.1) is 39.2 Å². The van der Waals surface area contributed by atoms with Crippen LogP contribution >= 0.6 is 11.8 Å². The van der Waals surface area contributed by atoms with Gasteiger partial charge in [-0.1, -0.05) is 0 Å². The maximum atomic E-state index is 12.4. The lowest BCUT2D eigenvalue weighted by Crippen LogP contribution is -2.28. The number of amides is 1. The molecule has 6 nitrogen and oxygen atoms in total. The minimum absolute atomic E-state index is 0.0592. The molecule has 1 fully saturated rings. The summed E-state index contributed by atoms with van der Waals surface area (Å²) in [6, 6.07) is 7.39. The quantitative estimate of drug-likeness (QED) is 0.784. The number of carbonyl (C=O) groups is 1. The van der Waals surface area contributed by atoms with E-state index in [2.05, 4.69) is 0 Å². The van der Waals surface area contributed by atoms with E-state index in [9.17, 15) is 4.79 Å². The molecule has 3 rings (SSSR count). The summed E-state index contributed by atoms with van der Waals surface area (Å²) in [5.41, 5.74) is 0.824. The molecule has 0 aliphatic carbocycles. The highest BCUT2D eigenvalue weighted by Gasteiger charge is 2.37. The molecule has 0 spiro atoms. The topological polar surface area (TPSA) is 61.1 Å². The lowest BCUT2D eigenvalue weighted by Gasteiger charge is -2.26. The summed E-state index contributed by atoms with van der Waals surface area (Å²) in [4.78, 5) is 14.2. The van der Waals surface area contributed by atoms with Crippen LogP contribution in [0.15, 0.2) is 28.7 Å². The summed E-state index contributed by atoms with van der Waals surface area (Å²) in [7, 11) is 4.78. The Hall–Kier alpha value is -2.28. The van der Waals surface area contributed by atoms with Crippen molar-refractivity contribution in [3.8, 4) is 17.2 Å². The molecule has 25 heavy (non-hydrogen) atoms. The fourth-order valence-corrected chi connectivity index (χ4v) is 4.12.